The summed E-state index contributed by atoms with van der Waals surface area (Å²) < 4.78 is 5.10. The molecule has 0 spiro atoms. The molecule has 4 nitrogen and oxygen atoms in total. The van der Waals surface area contributed by atoms with Crippen LogP contribution in [0.25, 0.3) is 0 Å². The first kappa shape index (κ1) is 12.6. The summed E-state index contributed by atoms with van der Waals surface area (Å²) in [6.45, 7) is 4.18. The van der Waals surface area contributed by atoms with Crippen LogP contribution in [0.3, 0.4) is 0 Å². The van der Waals surface area contributed by atoms with Gasteiger partial charge in [0.2, 0.25) is 0 Å². The maximum absolute atomic E-state index is 11.2. The Morgan fingerprint density at radius 2 is 1.94 bits per heavy atom. The van der Waals surface area contributed by atoms with E-state index in [4.69, 9.17) is 9.84 Å². The van der Waals surface area contributed by atoms with Gasteiger partial charge in [-0.2, -0.15) is 0 Å². The summed E-state index contributed by atoms with van der Waals surface area (Å²) in [7, 11) is 0. The molecular formula is C14H16O4. The fourth-order valence-corrected chi connectivity index (χ4v) is 2.15. The number of hydrogen-bond acceptors (Lipinski definition) is 3. The highest BCUT2D eigenvalue weighted by atomic mass is 16.6. The van der Waals surface area contributed by atoms with Crippen molar-refractivity contribution in [3.8, 4) is 0 Å². The van der Waals surface area contributed by atoms with E-state index in [2.05, 4.69) is 13.8 Å². The van der Waals surface area contributed by atoms with Crippen molar-refractivity contribution >= 4 is 11.9 Å². The lowest BCUT2D eigenvalue weighted by Crippen LogP contribution is -2.17. The van der Waals surface area contributed by atoms with Crippen molar-refractivity contribution in [2.24, 2.45) is 5.92 Å². The summed E-state index contributed by atoms with van der Waals surface area (Å²) in [6, 6.07) is 7.58. The maximum atomic E-state index is 11.2. The van der Waals surface area contributed by atoms with Crippen LogP contribution in [-0.2, 0) is 14.3 Å². The summed E-state index contributed by atoms with van der Waals surface area (Å²) in [4.78, 5) is 22.3. The molecule has 18 heavy (non-hydrogen) atoms. The molecule has 0 bridgehead atoms. The average molecular weight is 248 g/mol. The molecule has 1 aromatic carbocycles. The van der Waals surface area contributed by atoms with E-state index in [0.717, 1.165) is 5.56 Å². The Morgan fingerprint density at radius 1 is 1.33 bits per heavy atom. The van der Waals surface area contributed by atoms with Gasteiger partial charge in [-0.15, -0.1) is 0 Å². The van der Waals surface area contributed by atoms with Crippen LogP contribution in [0.5, 0.6) is 0 Å². The lowest BCUT2D eigenvalue weighted by Gasteiger charge is -2.15. The zero-order chi connectivity index (χ0) is 13.3. The van der Waals surface area contributed by atoms with Gasteiger partial charge < -0.3 is 9.84 Å². The van der Waals surface area contributed by atoms with Crippen LogP contribution in [-0.4, -0.2) is 17.0 Å². The normalized spacial score (nSPS) is 23.2. The minimum atomic E-state index is -0.987. The molecule has 96 valence electrons. The summed E-state index contributed by atoms with van der Waals surface area (Å²) in [6.07, 6.45) is -0.706. The summed E-state index contributed by atoms with van der Waals surface area (Å²) in [5.41, 5.74) is 1.92. The van der Waals surface area contributed by atoms with Crippen molar-refractivity contribution < 1.29 is 19.4 Å². The number of carboxylic acid groups (broad SMARTS) is 1. The lowest BCUT2D eigenvalue weighted by atomic mass is 9.93. The molecule has 0 aromatic heterocycles. The number of aliphatic carboxylic acids is 1. The van der Waals surface area contributed by atoms with Crippen molar-refractivity contribution in [1.82, 2.24) is 0 Å². The first-order valence-electron chi connectivity index (χ1n) is 6.01. The second kappa shape index (κ2) is 4.80. The number of benzene rings is 1. The van der Waals surface area contributed by atoms with Gasteiger partial charge in [0.15, 0.2) is 0 Å². The predicted octanol–water partition coefficient (Wildman–Crippen LogP) is 2.50. The number of rotatable bonds is 3. The molecule has 1 aliphatic rings. The summed E-state index contributed by atoms with van der Waals surface area (Å²) in [5, 5.41) is 9.07. The molecule has 1 N–H and O–H groups in total. The van der Waals surface area contributed by atoms with Gasteiger partial charge in [0, 0.05) is 0 Å². The first-order valence-corrected chi connectivity index (χ1v) is 6.01. The van der Waals surface area contributed by atoms with Crippen LogP contribution >= 0.6 is 0 Å². The fourth-order valence-electron chi connectivity index (χ4n) is 2.15. The average Bonchev–Trinajstić information content (AvgIpc) is 2.71. The van der Waals surface area contributed by atoms with Crippen molar-refractivity contribution in [3.05, 3.63) is 35.4 Å². The molecule has 1 heterocycles. The molecule has 1 aliphatic heterocycles. The Hall–Kier alpha value is -1.84. The number of esters is 1. The fraction of sp³-hybridized carbons (Fsp3) is 0.429. The molecule has 1 fully saturated rings. The van der Waals surface area contributed by atoms with Crippen LogP contribution in [0.1, 0.15) is 43.4 Å². The predicted molar refractivity (Wildman–Crippen MR) is 65.1 cm³/mol. The van der Waals surface area contributed by atoms with E-state index >= 15 is 0 Å². The molecule has 2 atom stereocenters. The monoisotopic (exact) mass is 248 g/mol. The smallest absolute Gasteiger partial charge is 0.311 e. The molecule has 0 aliphatic carbocycles. The number of ether oxygens (including phenoxy) is 1. The lowest BCUT2D eigenvalue weighted by molar-refractivity contribution is -0.144. The molecule has 1 aromatic rings. The maximum Gasteiger partial charge on any atom is 0.311 e. The Kier molecular flexibility index (Phi) is 3.36. The van der Waals surface area contributed by atoms with E-state index in [1.807, 2.05) is 24.3 Å². The van der Waals surface area contributed by atoms with Crippen LogP contribution in [0.4, 0.5) is 0 Å². The van der Waals surface area contributed by atoms with Crippen LogP contribution < -0.4 is 0 Å². The van der Waals surface area contributed by atoms with E-state index < -0.39 is 24.0 Å². The minimum absolute atomic E-state index is 0.0497. The Morgan fingerprint density at radius 3 is 2.44 bits per heavy atom. The Labute approximate surface area is 106 Å². The van der Waals surface area contributed by atoms with E-state index in [1.165, 1.54) is 5.56 Å². The van der Waals surface area contributed by atoms with E-state index in [9.17, 15) is 9.59 Å². The molecule has 2 rings (SSSR count). The molecule has 0 radical (unpaired) electrons. The second-order valence-corrected chi connectivity index (χ2v) is 4.88. The van der Waals surface area contributed by atoms with Gasteiger partial charge in [0.25, 0.3) is 0 Å². The molecule has 1 saturated heterocycles. The van der Waals surface area contributed by atoms with Crippen LogP contribution in [0.2, 0.25) is 0 Å². The third-order valence-corrected chi connectivity index (χ3v) is 3.26. The van der Waals surface area contributed by atoms with Gasteiger partial charge in [-0.05, 0) is 17.0 Å². The third-order valence-electron chi connectivity index (χ3n) is 3.26. The number of carbonyl (C=O) groups is 2. The number of carbonyl (C=O) groups excluding carboxylic acids is 1. The molecule has 0 amide bonds. The highest BCUT2D eigenvalue weighted by molar-refractivity contribution is 5.82. The van der Waals surface area contributed by atoms with Crippen molar-refractivity contribution in [3.63, 3.8) is 0 Å². The molecular weight excluding hydrogens is 232 g/mol. The van der Waals surface area contributed by atoms with Crippen LogP contribution in [0.15, 0.2) is 24.3 Å². The van der Waals surface area contributed by atoms with E-state index in [1.54, 1.807) is 0 Å². The molecule has 0 unspecified atom stereocenters. The topological polar surface area (TPSA) is 63.6 Å². The molecule has 4 heteroatoms. The van der Waals surface area contributed by atoms with Crippen molar-refractivity contribution in [1.29, 1.82) is 0 Å². The van der Waals surface area contributed by atoms with Crippen molar-refractivity contribution in [2.75, 3.05) is 0 Å². The second-order valence-electron chi connectivity index (χ2n) is 4.88. The van der Waals surface area contributed by atoms with Gasteiger partial charge >= 0.3 is 11.9 Å². The number of hydrogen-bond donors (Lipinski definition) is 1. The highest BCUT2D eigenvalue weighted by Crippen LogP contribution is 2.35. The standard InChI is InChI=1S/C14H16O4/c1-8(2)9-3-5-10(6-4-9)13-11(14(16)17)7-12(15)18-13/h3-6,8,11,13H,7H2,1-2H3,(H,16,17)/t11-,13-/m1/s1. The first-order chi connectivity index (χ1) is 8.49. The van der Waals surface area contributed by atoms with Crippen LogP contribution in [0, 0.1) is 5.92 Å². The van der Waals surface area contributed by atoms with Gasteiger partial charge in [0.05, 0.1) is 6.42 Å². The summed E-state index contributed by atoms with van der Waals surface area (Å²) in [5.74, 6) is -1.79. The quantitative estimate of drug-likeness (QED) is 0.835. The van der Waals surface area contributed by atoms with Gasteiger partial charge in [-0.1, -0.05) is 38.1 Å². The summed E-state index contributed by atoms with van der Waals surface area (Å²) >= 11 is 0. The third kappa shape index (κ3) is 2.37. The Balaban J connectivity index is 2.24. The highest BCUT2D eigenvalue weighted by Gasteiger charge is 2.40. The largest absolute Gasteiger partial charge is 0.481 e. The van der Waals surface area contributed by atoms with Crippen molar-refractivity contribution in [2.45, 2.75) is 32.3 Å². The SMILES string of the molecule is CC(C)c1ccc([C@H]2OC(=O)C[C@H]2C(=O)O)cc1. The molecule has 0 saturated carbocycles. The minimum Gasteiger partial charge on any atom is -0.481 e. The zero-order valence-corrected chi connectivity index (χ0v) is 10.4. The van der Waals surface area contributed by atoms with E-state index in [-0.39, 0.29) is 6.42 Å². The number of carboxylic acids is 1. The van der Waals surface area contributed by atoms with Gasteiger partial charge in [-0.3, -0.25) is 9.59 Å². The van der Waals surface area contributed by atoms with Gasteiger partial charge in [-0.25, -0.2) is 0 Å². The Bertz CT molecular complexity index is 461. The zero-order valence-electron chi connectivity index (χ0n) is 10.4. The number of cyclic esters (lactones) is 1. The van der Waals surface area contributed by atoms with Gasteiger partial charge in [0.1, 0.15) is 12.0 Å². The van der Waals surface area contributed by atoms with E-state index in [0.29, 0.717) is 5.92 Å².